The maximum absolute atomic E-state index is 13.2. The molecule has 1 fully saturated rings. The summed E-state index contributed by atoms with van der Waals surface area (Å²) in [6.45, 7) is 5.55. The van der Waals surface area contributed by atoms with E-state index in [1.807, 2.05) is 45.0 Å². The second kappa shape index (κ2) is 10.6. The summed E-state index contributed by atoms with van der Waals surface area (Å²) in [4.78, 5) is 18.8. The van der Waals surface area contributed by atoms with Crippen molar-refractivity contribution in [1.29, 1.82) is 0 Å². The van der Waals surface area contributed by atoms with Crippen LogP contribution in [0, 0.1) is 5.82 Å². The highest BCUT2D eigenvalue weighted by Crippen LogP contribution is 2.33. The quantitative estimate of drug-likeness (QED) is 0.466. The molecule has 4 rings (SSSR count). The number of piperazine rings is 1. The van der Waals surface area contributed by atoms with Gasteiger partial charge in [0.25, 0.3) is 16.0 Å². The molecule has 37 heavy (non-hydrogen) atoms. The Hall–Kier alpha value is -3.21. The largest absolute Gasteiger partial charge is 0.483 e. The minimum absolute atomic E-state index is 0.0750. The van der Waals surface area contributed by atoms with Gasteiger partial charge in [-0.2, -0.15) is 8.42 Å². The van der Waals surface area contributed by atoms with Crippen molar-refractivity contribution >= 4 is 32.5 Å². The third kappa shape index (κ3) is 6.20. The van der Waals surface area contributed by atoms with E-state index in [0.717, 1.165) is 11.3 Å². The van der Waals surface area contributed by atoms with Crippen LogP contribution in [0.4, 0.5) is 10.1 Å². The molecule has 1 saturated heterocycles. The van der Waals surface area contributed by atoms with Crippen LogP contribution in [0.15, 0.2) is 59.5 Å². The first-order valence-electron chi connectivity index (χ1n) is 12.1. The fourth-order valence-corrected chi connectivity index (χ4v) is 5.18. The highest BCUT2D eigenvalue weighted by molar-refractivity contribution is 7.85. The molecule has 2 atom stereocenters. The van der Waals surface area contributed by atoms with Crippen LogP contribution < -0.4 is 9.64 Å². The molecule has 0 bridgehead atoms. The van der Waals surface area contributed by atoms with E-state index in [1.165, 1.54) is 24.3 Å². The Labute approximate surface area is 217 Å². The standard InChI is InChI=1S/C27H32FN3O5S/c1-18-15-31(19(2)14-30(18)16-20-5-8-22(28)9-6-20)27(32)17-36-26-13-24(37(33,34)35)11-21-7-10-23(29(3)4)12-25(21)26/h5-13,18-19H,14-17H2,1-4H3,(H,33,34,35). The molecular formula is C27H32FN3O5S. The maximum atomic E-state index is 13.2. The highest BCUT2D eigenvalue weighted by atomic mass is 32.2. The lowest BCUT2D eigenvalue weighted by molar-refractivity contribution is -0.139. The van der Waals surface area contributed by atoms with Gasteiger partial charge in [-0.25, -0.2) is 4.39 Å². The first-order valence-corrected chi connectivity index (χ1v) is 13.5. The van der Waals surface area contributed by atoms with Crippen LogP contribution in [0.1, 0.15) is 19.4 Å². The van der Waals surface area contributed by atoms with Gasteiger partial charge in [-0.05, 0) is 55.1 Å². The maximum Gasteiger partial charge on any atom is 0.294 e. The average molecular weight is 530 g/mol. The number of benzene rings is 3. The number of rotatable bonds is 7. The Morgan fingerprint density at radius 1 is 1.05 bits per heavy atom. The van der Waals surface area contributed by atoms with Crippen molar-refractivity contribution in [2.75, 3.05) is 38.7 Å². The van der Waals surface area contributed by atoms with E-state index in [4.69, 9.17) is 4.74 Å². The third-order valence-corrected chi connectivity index (χ3v) is 7.60. The Morgan fingerprint density at radius 2 is 1.76 bits per heavy atom. The lowest BCUT2D eigenvalue weighted by Gasteiger charge is -2.44. The van der Waals surface area contributed by atoms with Crippen molar-refractivity contribution in [2.45, 2.75) is 37.4 Å². The summed E-state index contributed by atoms with van der Waals surface area (Å²) in [6, 6.07) is 14.5. The molecule has 1 aliphatic rings. The topological polar surface area (TPSA) is 90.4 Å². The number of fused-ring (bicyclic) bond motifs is 1. The van der Waals surface area contributed by atoms with Crippen molar-refractivity contribution < 1.29 is 26.9 Å². The van der Waals surface area contributed by atoms with E-state index >= 15 is 0 Å². The van der Waals surface area contributed by atoms with E-state index in [9.17, 15) is 22.2 Å². The molecule has 1 heterocycles. The van der Waals surface area contributed by atoms with E-state index in [1.54, 1.807) is 23.1 Å². The smallest absolute Gasteiger partial charge is 0.294 e. The van der Waals surface area contributed by atoms with Crippen LogP contribution in [0.5, 0.6) is 5.75 Å². The van der Waals surface area contributed by atoms with Gasteiger partial charge in [0.15, 0.2) is 6.61 Å². The molecule has 10 heteroatoms. The van der Waals surface area contributed by atoms with Crippen molar-refractivity contribution in [3.63, 3.8) is 0 Å². The van der Waals surface area contributed by atoms with E-state index in [0.29, 0.717) is 30.4 Å². The van der Waals surface area contributed by atoms with Gasteiger partial charge in [-0.1, -0.05) is 18.2 Å². The average Bonchev–Trinajstić information content (AvgIpc) is 2.84. The summed E-state index contributed by atoms with van der Waals surface area (Å²) in [6.07, 6.45) is 0. The first kappa shape index (κ1) is 26.8. The van der Waals surface area contributed by atoms with E-state index < -0.39 is 10.1 Å². The lowest BCUT2D eigenvalue weighted by Crippen LogP contribution is -2.58. The fraction of sp³-hybridized carbons (Fsp3) is 0.370. The molecule has 1 amide bonds. The van der Waals surface area contributed by atoms with Gasteiger partial charge in [0.05, 0.1) is 4.90 Å². The molecule has 1 aliphatic heterocycles. The fourth-order valence-electron chi connectivity index (χ4n) is 4.64. The van der Waals surface area contributed by atoms with Crippen LogP contribution in [-0.4, -0.2) is 74.6 Å². The van der Waals surface area contributed by atoms with Gasteiger partial charge in [0, 0.05) is 63.0 Å². The molecule has 198 valence electrons. The number of hydrogen-bond donors (Lipinski definition) is 1. The molecule has 0 saturated carbocycles. The number of halogens is 1. The minimum atomic E-state index is -4.46. The van der Waals surface area contributed by atoms with Gasteiger partial charge >= 0.3 is 0 Å². The Balaban J connectivity index is 1.50. The van der Waals surface area contributed by atoms with Gasteiger partial charge in [-0.3, -0.25) is 14.2 Å². The van der Waals surface area contributed by atoms with Crippen molar-refractivity contribution in [1.82, 2.24) is 9.80 Å². The highest BCUT2D eigenvalue weighted by Gasteiger charge is 2.32. The SMILES string of the molecule is CC1CN(C(=O)COc2cc(S(=O)(=O)O)cc3ccc(N(C)C)cc23)C(C)CN1Cc1ccc(F)cc1. The lowest BCUT2D eigenvalue weighted by atomic mass is 10.1. The zero-order chi connectivity index (χ0) is 26.9. The number of carbonyl (C=O) groups is 1. The summed E-state index contributed by atoms with van der Waals surface area (Å²) in [7, 11) is -0.695. The summed E-state index contributed by atoms with van der Waals surface area (Å²) in [5.74, 6) is -0.277. The molecule has 3 aromatic carbocycles. The van der Waals surface area contributed by atoms with E-state index in [-0.39, 0.29) is 41.1 Å². The van der Waals surface area contributed by atoms with Gasteiger partial charge in [0.2, 0.25) is 0 Å². The molecule has 0 spiro atoms. The van der Waals surface area contributed by atoms with Gasteiger partial charge in [-0.15, -0.1) is 0 Å². The van der Waals surface area contributed by atoms with Crippen molar-refractivity contribution in [2.24, 2.45) is 0 Å². The van der Waals surface area contributed by atoms with Crippen molar-refractivity contribution in [3.8, 4) is 5.75 Å². The first-order chi connectivity index (χ1) is 17.4. The molecule has 2 unspecified atom stereocenters. The summed E-state index contributed by atoms with van der Waals surface area (Å²) in [5.41, 5.74) is 1.88. The molecule has 0 aromatic heterocycles. The molecule has 0 radical (unpaired) electrons. The Bertz CT molecular complexity index is 1400. The van der Waals surface area contributed by atoms with Crippen LogP contribution in [0.3, 0.4) is 0 Å². The monoisotopic (exact) mass is 529 g/mol. The predicted molar refractivity (Wildman–Crippen MR) is 141 cm³/mol. The van der Waals surface area contributed by atoms with Crippen LogP contribution in [-0.2, 0) is 21.5 Å². The number of anilines is 1. The van der Waals surface area contributed by atoms with Crippen LogP contribution in [0.25, 0.3) is 10.8 Å². The zero-order valence-corrected chi connectivity index (χ0v) is 22.2. The predicted octanol–water partition coefficient (Wildman–Crippen LogP) is 3.79. The number of carbonyl (C=O) groups excluding carboxylic acids is 1. The number of nitrogens with zero attached hydrogens (tertiary/aromatic N) is 3. The molecule has 3 aromatic rings. The van der Waals surface area contributed by atoms with Gasteiger partial charge in [0.1, 0.15) is 11.6 Å². The van der Waals surface area contributed by atoms with Crippen LogP contribution in [0.2, 0.25) is 0 Å². The normalized spacial score (nSPS) is 18.7. The number of ether oxygens (including phenoxy) is 1. The molecule has 1 N–H and O–H groups in total. The summed E-state index contributed by atoms with van der Waals surface area (Å²) >= 11 is 0. The van der Waals surface area contributed by atoms with E-state index in [2.05, 4.69) is 4.90 Å². The molecular weight excluding hydrogens is 497 g/mol. The van der Waals surface area contributed by atoms with Crippen LogP contribution >= 0.6 is 0 Å². The molecule has 8 nitrogen and oxygen atoms in total. The van der Waals surface area contributed by atoms with Gasteiger partial charge < -0.3 is 14.5 Å². The second-order valence-electron chi connectivity index (χ2n) is 9.79. The van der Waals surface area contributed by atoms with Crippen molar-refractivity contribution in [3.05, 3.63) is 66.0 Å². The number of hydrogen-bond acceptors (Lipinski definition) is 6. The molecule has 0 aliphatic carbocycles. The zero-order valence-electron chi connectivity index (χ0n) is 21.4. The second-order valence-corrected chi connectivity index (χ2v) is 11.2. The summed E-state index contributed by atoms with van der Waals surface area (Å²) < 4.78 is 52.4. The minimum Gasteiger partial charge on any atom is -0.483 e. The third-order valence-electron chi connectivity index (χ3n) is 6.77. The number of amides is 1. The Morgan fingerprint density at radius 3 is 2.41 bits per heavy atom. The summed E-state index contributed by atoms with van der Waals surface area (Å²) in [5, 5.41) is 1.21. The Kier molecular flexibility index (Phi) is 7.72.